The lowest BCUT2D eigenvalue weighted by Gasteiger charge is -2.60. The van der Waals surface area contributed by atoms with Crippen LogP contribution in [0.5, 0.6) is 0 Å². The number of rotatable bonds is 6. The van der Waals surface area contributed by atoms with Crippen molar-refractivity contribution in [2.45, 2.75) is 74.7 Å². The molecular formula is C35H44FN5O6. The number of nitrogens with one attached hydrogen (secondary N) is 1. The van der Waals surface area contributed by atoms with E-state index in [1.54, 1.807) is 35.4 Å². The molecule has 1 amide bonds. The third-order valence-corrected chi connectivity index (χ3v) is 11.8. The van der Waals surface area contributed by atoms with E-state index in [0.29, 0.717) is 50.0 Å². The number of fused-ring (bicyclic) bond motifs is 4. The summed E-state index contributed by atoms with van der Waals surface area (Å²) in [6, 6.07) is 5.37. The van der Waals surface area contributed by atoms with Crippen LogP contribution in [-0.2, 0) is 19.1 Å². The second-order valence-corrected chi connectivity index (χ2v) is 14.5. The lowest BCUT2D eigenvalue weighted by Crippen LogP contribution is -2.73. The molecule has 5 fully saturated rings. The number of likely N-dealkylation sites (tertiary alicyclic amines) is 1. The van der Waals surface area contributed by atoms with Crippen molar-refractivity contribution in [2.75, 3.05) is 52.5 Å². The Bertz CT molecular complexity index is 1480. The summed E-state index contributed by atoms with van der Waals surface area (Å²) in [5, 5.41) is 3.45. The van der Waals surface area contributed by atoms with E-state index in [1.165, 1.54) is 0 Å². The first kappa shape index (κ1) is 31.3. The number of carbonyl (C=O) groups excluding carboxylic acids is 4. The van der Waals surface area contributed by atoms with Gasteiger partial charge < -0.3 is 30.3 Å². The average molecular weight is 650 g/mol. The molecule has 7 aliphatic rings. The zero-order valence-electron chi connectivity index (χ0n) is 26.6. The van der Waals surface area contributed by atoms with E-state index >= 15 is 4.39 Å². The van der Waals surface area contributed by atoms with Gasteiger partial charge in [-0.2, -0.15) is 0 Å². The molecule has 4 aliphatic heterocycles. The van der Waals surface area contributed by atoms with Gasteiger partial charge in [0.2, 0.25) is 0 Å². The van der Waals surface area contributed by atoms with E-state index in [1.807, 2.05) is 0 Å². The summed E-state index contributed by atoms with van der Waals surface area (Å²) in [6.45, 7) is 5.52. The maximum atomic E-state index is 16.2. The Balaban J connectivity index is 1.10. The van der Waals surface area contributed by atoms with Crippen LogP contribution in [0.15, 0.2) is 36.0 Å². The summed E-state index contributed by atoms with van der Waals surface area (Å²) in [5.41, 5.74) is 7.06. The highest BCUT2D eigenvalue weighted by Crippen LogP contribution is 2.50. The number of ether oxygens (including phenoxy) is 2. The van der Waals surface area contributed by atoms with Crippen LogP contribution >= 0.6 is 0 Å². The summed E-state index contributed by atoms with van der Waals surface area (Å²) in [5.74, 6) is -2.62. The lowest BCUT2D eigenvalue weighted by atomic mass is 9.63. The highest BCUT2D eigenvalue weighted by Gasteiger charge is 2.61. The SMILES string of the molecule is NC1CCN(C(=O)C2=CN3C4CC5C(=O)c6ccccc6C(=O)C5CC4OC4C(NCCCN5CCOCC5)C(F)CC(C2=O)C43)C1. The van der Waals surface area contributed by atoms with Crippen molar-refractivity contribution < 1.29 is 33.0 Å². The average Bonchev–Trinajstić information content (AvgIpc) is 3.53. The molecule has 0 aromatic heterocycles. The van der Waals surface area contributed by atoms with Gasteiger partial charge in [0.1, 0.15) is 6.17 Å². The number of morpholine rings is 2. The van der Waals surface area contributed by atoms with Gasteiger partial charge in [0.05, 0.1) is 49.1 Å². The third kappa shape index (κ3) is 5.36. The molecule has 47 heavy (non-hydrogen) atoms. The Morgan fingerprint density at radius 2 is 1.68 bits per heavy atom. The van der Waals surface area contributed by atoms with Crippen LogP contribution in [-0.4, -0.2) is 133 Å². The highest BCUT2D eigenvalue weighted by atomic mass is 19.1. The van der Waals surface area contributed by atoms with E-state index in [0.717, 1.165) is 39.3 Å². The zero-order chi connectivity index (χ0) is 32.4. The number of carbonyl (C=O) groups is 4. The molecule has 3 N–H and O–H groups in total. The molecule has 3 aliphatic carbocycles. The Hall–Kier alpha value is -3.03. The van der Waals surface area contributed by atoms with Crippen LogP contribution in [0.25, 0.3) is 0 Å². The number of hydrogen-bond acceptors (Lipinski definition) is 10. The highest BCUT2D eigenvalue weighted by molar-refractivity contribution is 6.21. The fourth-order valence-corrected chi connectivity index (χ4v) is 9.44. The minimum Gasteiger partial charge on any atom is -0.379 e. The number of alkyl halides is 1. The molecule has 1 aromatic carbocycles. The number of amides is 1. The Kier molecular flexibility index (Phi) is 8.28. The molecule has 2 saturated carbocycles. The van der Waals surface area contributed by atoms with Crippen LogP contribution in [0.4, 0.5) is 4.39 Å². The van der Waals surface area contributed by atoms with E-state index in [2.05, 4.69) is 15.1 Å². The molecular weight excluding hydrogens is 605 g/mol. The van der Waals surface area contributed by atoms with Crippen LogP contribution in [0.1, 0.15) is 52.8 Å². The van der Waals surface area contributed by atoms with Crippen molar-refractivity contribution in [1.29, 1.82) is 0 Å². The maximum Gasteiger partial charge on any atom is 0.259 e. The minimum atomic E-state index is -1.36. The number of ketones is 3. The molecule has 0 radical (unpaired) electrons. The quantitative estimate of drug-likeness (QED) is 0.339. The lowest BCUT2D eigenvalue weighted by molar-refractivity contribution is -0.203. The predicted molar refractivity (Wildman–Crippen MR) is 168 cm³/mol. The van der Waals surface area contributed by atoms with Crippen LogP contribution < -0.4 is 11.1 Å². The molecule has 0 bridgehead atoms. The predicted octanol–water partition coefficient (Wildman–Crippen LogP) is 0.963. The van der Waals surface area contributed by atoms with Crippen LogP contribution in [0.2, 0.25) is 0 Å². The number of benzene rings is 1. The normalized spacial score (nSPS) is 38.3. The molecule has 1 aromatic rings. The van der Waals surface area contributed by atoms with Crippen molar-refractivity contribution in [3.05, 3.63) is 47.2 Å². The van der Waals surface area contributed by atoms with Gasteiger partial charge in [-0.15, -0.1) is 0 Å². The summed E-state index contributed by atoms with van der Waals surface area (Å²) in [4.78, 5) is 61.4. The Morgan fingerprint density at radius 1 is 0.957 bits per heavy atom. The summed E-state index contributed by atoms with van der Waals surface area (Å²) in [7, 11) is 0. The summed E-state index contributed by atoms with van der Waals surface area (Å²) < 4.78 is 28.5. The molecule has 10 unspecified atom stereocenters. The van der Waals surface area contributed by atoms with Gasteiger partial charge >= 0.3 is 0 Å². The van der Waals surface area contributed by atoms with Gasteiger partial charge in [0.25, 0.3) is 5.91 Å². The van der Waals surface area contributed by atoms with Gasteiger partial charge in [-0.05, 0) is 45.2 Å². The second kappa shape index (κ2) is 12.5. The topological polar surface area (TPSA) is 135 Å². The van der Waals surface area contributed by atoms with Crippen LogP contribution in [0, 0.1) is 17.8 Å². The largest absolute Gasteiger partial charge is 0.379 e. The minimum absolute atomic E-state index is 0.0145. The van der Waals surface area contributed by atoms with Gasteiger partial charge in [0.15, 0.2) is 17.3 Å². The first-order valence-electron chi connectivity index (χ1n) is 17.4. The smallest absolute Gasteiger partial charge is 0.259 e. The van der Waals surface area contributed by atoms with Gasteiger partial charge in [-0.3, -0.25) is 24.1 Å². The monoisotopic (exact) mass is 649 g/mol. The van der Waals surface area contributed by atoms with Crippen molar-refractivity contribution in [3.63, 3.8) is 0 Å². The van der Waals surface area contributed by atoms with Gasteiger partial charge in [-0.25, -0.2) is 4.39 Å². The third-order valence-electron chi connectivity index (χ3n) is 11.8. The van der Waals surface area contributed by atoms with E-state index < -0.39 is 48.2 Å². The molecule has 3 saturated heterocycles. The fraction of sp³-hybridized carbons (Fsp3) is 0.657. The van der Waals surface area contributed by atoms with E-state index in [9.17, 15) is 19.2 Å². The Labute approximate surface area is 273 Å². The van der Waals surface area contributed by atoms with Gasteiger partial charge in [-0.1, -0.05) is 24.3 Å². The van der Waals surface area contributed by atoms with E-state index in [4.69, 9.17) is 15.2 Å². The number of nitrogens with two attached hydrogens (primary N) is 1. The fourth-order valence-electron chi connectivity index (χ4n) is 9.44. The first-order chi connectivity index (χ1) is 22.8. The van der Waals surface area contributed by atoms with Crippen molar-refractivity contribution in [3.8, 4) is 0 Å². The number of hydrogen-bond donors (Lipinski definition) is 2. The molecule has 11 nitrogen and oxygen atoms in total. The van der Waals surface area contributed by atoms with Crippen LogP contribution in [0.3, 0.4) is 0 Å². The molecule has 8 rings (SSSR count). The molecule has 4 heterocycles. The van der Waals surface area contributed by atoms with E-state index in [-0.39, 0.29) is 47.3 Å². The first-order valence-corrected chi connectivity index (χ1v) is 17.4. The maximum absolute atomic E-state index is 16.2. The number of Topliss-reactive ketones (excluding diaryl/α,β-unsaturated/α-hetero) is 3. The standard InChI is InChI=1S/C35H44FN5O6/c36-26-14-24-30-34(29(26)38-7-3-8-39-10-12-46-13-11-39)47-28-16-23-22(31(42)20-4-1-2-5-21(20)32(23)43)15-27(28)41(30)18-25(33(24)44)35(45)40-9-6-19(37)17-40/h1-2,4-5,18-19,22-24,26-30,34,38H,3,6-17,37H2. The van der Waals surface area contributed by atoms with Gasteiger partial charge in [0, 0.05) is 67.3 Å². The van der Waals surface area contributed by atoms with Crippen molar-refractivity contribution in [1.82, 2.24) is 20.0 Å². The number of halogens is 1. The second-order valence-electron chi connectivity index (χ2n) is 14.5. The van der Waals surface area contributed by atoms with Crippen molar-refractivity contribution >= 4 is 23.3 Å². The Morgan fingerprint density at radius 3 is 2.38 bits per heavy atom. The molecule has 252 valence electrons. The van der Waals surface area contributed by atoms with Crippen molar-refractivity contribution in [2.24, 2.45) is 23.5 Å². The summed E-state index contributed by atoms with van der Waals surface area (Å²) in [6.07, 6.45) is 1.35. The molecule has 10 atom stereocenters. The molecule has 0 spiro atoms. The zero-order valence-corrected chi connectivity index (χ0v) is 26.6. The summed E-state index contributed by atoms with van der Waals surface area (Å²) >= 11 is 0. The number of nitrogens with zero attached hydrogens (tertiary/aromatic N) is 3. The molecule has 12 heteroatoms.